The Labute approximate surface area is 129 Å². The summed E-state index contributed by atoms with van der Waals surface area (Å²) in [6, 6.07) is 6.80. The molecule has 2 atom stereocenters. The third kappa shape index (κ3) is 3.65. The highest BCUT2D eigenvalue weighted by Crippen LogP contribution is 2.27. The molecule has 0 bridgehead atoms. The minimum Gasteiger partial charge on any atom is -0.379 e. The number of benzene rings is 1. The van der Waals surface area contributed by atoms with Gasteiger partial charge in [0.2, 0.25) is 0 Å². The third-order valence-corrected chi connectivity index (χ3v) is 5.19. The number of hydrogen-bond acceptors (Lipinski definition) is 3. The molecule has 0 saturated carbocycles. The Bertz CT molecular complexity index is 468. The van der Waals surface area contributed by atoms with Crippen LogP contribution in [0.2, 0.25) is 0 Å². The first-order chi connectivity index (χ1) is 9.97. The molecule has 0 amide bonds. The summed E-state index contributed by atoms with van der Waals surface area (Å²) in [4.78, 5) is 2.52. The van der Waals surface area contributed by atoms with Crippen molar-refractivity contribution in [3.05, 3.63) is 34.9 Å². The van der Waals surface area contributed by atoms with Crippen LogP contribution in [0.15, 0.2) is 18.2 Å². The standard InChI is InChI=1S/C18H30N2O/c1-5-18(4,20-8-10-21-11-9-20)17(19)13-16-12-14(2)6-7-15(16)3/h6-7,12,17H,5,8-11,13,19H2,1-4H3. The molecule has 3 nitrogen and oxygen atoms in total. The first-order valence-corrected chi connectivity index (χ1v) is 8.12. The zero-order chi connectivity index (χ0) is 15.5. The normalized spacial score (nSPS) is 21.0. The molecule has 1 fully saturated rings. The van der Waals surface area contributed by atoms with Gasteiger partial charge in [0.25, 0.3) is 0 Å². The highest BCUT2D eigenvalue weighted by molar-refractivity contribution is 5.31. The molecule has 0 radical (unpaired) electrons. The summed E-state index contributed by atoms with van der Waals surface area (Å²) in [5, 5.41) is 0. The number of hydrogen-bond donors (Lipinski definition) is 1. The largest absolute Gasteiger partial charge is 0.379 e. The van der Waals surface area contributed by atoms with Crippen LogP contribution >= 0.6 is 0 Å². The number of nitrogens with zero attached hydrogens (tertiary/aromatic N) is 1. The van der Waals surface area contributed by atoms with Gasteiger partial charge in [0.1, 0.15) is 0 Å². The van der Waals surface area contributed by atoms with Gasteiger partial charge < -0.3 is 10.5 Å². The highest BCUT2D eigenvalue weighted by atomic mass is 16.5. The van der Waals surface area contributed by atoms with Crippen molar-refractivity contribution in [2.45, 2.75) is 52.1 Å². The van der Waals surface area contributed by atoms with Gasteiger partial charge >= 0.3 is 0 Å². The minimum absolute atomic E-state index is 0.0416. The van der Waals surface area contributed by atoms with Crippen molar-refractivity contribution in [2.75, 3.05) is 26.3 Å². The van der Waals surface area contributed by atoms with Crippen molar-refractivity contribution in [1.82, 2.24) is 4.90 Å². The minimum atomic E-state index is 0.0416. The van der Waals surface area contributed by atoms with E-state index in [1.165, 1.54) is 16.7 Å². The molecule has 1 aromatic rings. The van der Waals surface area contributed by atoms with Crippen LogP contribution in [0, 0.1) is 13.8 Å². The van der Waals surface area contributed by atoms with E-state index >= 15 is 0 Å². The lowest BCUT2D eigenvalue weighted by Gasteiger charge is -2.46. The van der Waals surface area contributed by atoms with Crippen molar-refractivity contribution in [3.63, 3.8) is 0 Å². The van der Waals surface area contributed by atoms with Crippen LogP contribution in [0.4, 0.5) is 0 Å². The van der Waals surface area contributed by atoms with Gasteiger partial charge in [-0.05, 0) is 44.7 Å². The Hall–Kier alpha value is -0.900. The summed E-state index contributed by atoms with van der Waals surface area (Å²) in [5.41, 5.74) is 10.7. The Balaban J connectivity index is 2.15. The van der Waals surface area contributed by atoms with Gasteiger partial charge in [-0.3, -0.25) is 4.90 Å². The van der Waals surface area contributed by atoms with Gasteiger partial charge in [0.05, 0.1) is 13.2 Å². The quantitative estimate of drug-likeness (QED) is 0.906. The Morgan fingerprint density at radius 2 is 1.95 bits per heavy atom. The molecular formula is C18H30N2O. The molecule has 2 unspecified atom stereocenters. The number of ether oxygens (including phenoxy) is 1. The zero-order valence-corrected chi connectivity index (χ0v) is 14.0. The monoisotopic (exact) mass is 290 g/mol. The molecule has 2 rings (SSSR count). The first kappa shape index (κ1) is 16.5. The number of nitrogens with two attached hydrogens (primary N) is 1. The van der Waals surface area contributed by atoms with Crippen molar-refractivity contribution >= 4 is 0 Å². The molecular weight excluding hydrogens is 260 g/mol. The van der Waals surface area contributed by atoms with E-state index in [2.05, 4.69) is 50.8 Å². The second-order valence-corrected chi connectivity index (χ2v) is 6.55. The molecule has 1 aromatic carbocycles. The second kappa shape index (κ2) is 6.91. The first-order valence-electron chi connectivity index (χ1n) is 8.12. The van der Waals surface area contributed by atoms with E-state index in [1.807, 2.05) is 0 Å². The van der Waals surface area contributed by atoms with E-state index in [1.54, 1.807) is 0 Å². The SMILES string of the molecule is CCC(C)(C(N)Cc1cc(C)ccc1C)N1CCOCC1. The molecule has 0 aliphatic carbocycles. The lowest BCUT2D eigenvalue weighted by Crippen LogP contribution is -2.61. The summed E-state index contributed by atoms with van der Waals surface area (Å²) in [5.74, 6) is 0. The molecule has 1 aliphatic heterocycles. The summed E-state index contributed by atoms with van der Waals surface area (Å²) >= 11 is 0. The fourth-order valence-electron chi connectivity index (χ4n) is 3.27. The van der Waals surface area contributed by atoms with E-state index in [0.717, 1.165) is 39.1 Å². The summed E-state index contributed by atoms with van der Waals surface area (Å²) < 4.78 is 5.49. The average Bonchev–Trinajstić information content (AvgIpc) is 2.51. The molecule has 21 heavy (non-hydrogen) atoms. The van der Waals surface area contributed by atoms with Crippen molar-refractivity contribution in [3.8, 4) is 0 Å². The zero-order valence-electron chi connectivity index (χ0n) is 14.0. The maximum Gasteiger partial charge on any atom is 0.0594 e. The molecule has 1 saturated heterocycles. The summed E-state index contributed by atoms with van der Waals surface area (Å²) in [6.07, 6.45) is 2.01. The van der Waals surface area contributed by atoms with Crippen LogP contribution in [0.5, 0.6) is 0 Å². The summed E-state index contributed by atoms with van der Waals surface area (Å²) in [7, 11) is 0. The van der Waals surface area contributed by atoms with Crippen molar-refractivity contribution in [1.29, 1.82) is 0 Å². The number of rotatable bonds is 5. The van der Waals surface area contributed by atoms with E-state index in [4.69, 9.17) is 10.5 Å². The fraction of sp³-hybridized carbons (Fsp3) is 0.667. The van der Waals surface area contributed by atoms with E-state index < -0.39 is 0 Å². The van der Waals surface area contributed by atoms with Crippen molar-refractivity contribution in [2.24, 2.45) is 5.73 Å². The summed E-state index contributed by atoms with van der Waals surface area (Å²) in [6.45, 7) is 12.5. The smallest absolute Gasteiger partial charge is 0.0594 e. The molecule has 2 N–H and O–H groups in total. The maximum absolute atomic E-state index is 6.66. The van der Waals surface area contributed by atoms with Gasteiger partial charge in [-0.2, -0.15) is 0 Å². The van der Waals surface area contributed by atoms with E-state index in [-0.39, 0.29) is 11.6 Å². The van der Waals surface area contributed by atoms with Gasteiger partial charge in [-0.25, -0.2) is 0 Å². The Kier molecular flexibility index (Phi) is 5.42. The third-order valence-electron chi connectivity index (χ3n) is 5.19. The topological polar surface area (TPSA) is 38.5 Å². The van der Waals surface area contributed by atoms with E-state index in [9.17, 15) is 0 Å². The van der Waals surface area contributed by atoms with Gasteiger partial charge in [-0.1, -0.05) is 30.7 Å². The van der Waals surface area contributed by atoms with Crippen LogP contribution in [-0.2, 0) is 11.2 Å². The average molecular weight is 290 g/mol. The van der Waals surface area contributed by atoms with Gasteiger partial charge in [0.15, 0.2) is 0 Å². The molecule has 3 heteroatoms. The van der Waals surface area contributed by atoms with Crippen LogP contribution in [0.1, 0.15) is 37.0 Å². The van der Waals surface area contributed by atoms with E-state index in [0.29, 0.717) is 0 Å². The number of morpholine rings is 1. The molecule has 1 aliphatic rings. The lowest BCUT2D eigenvalue weighted by molar-refractivity contribution is -0.0272. The Morgan fingerprint density at radius 1 is 1.29 bits per heavy atom. The Morgan fingerprint density at radius 3 is 2.57 bits per heavy atom. The molecule has 118 valence electrons. The molecule has 1 heterocycles. The second-order valence-electron chi connectivity index (χ2n) is 6.55. The predicted molar refractivity (Wildman–Crippen MR) is 88.7 cm³/mol. The molecule has 0 spiro atoms. The van der Waals surface area contributed by atoms with Crippen LogP contribution in [-0.4, -0.2) is 42.8 Å². The van der Waals surface area contributed by atoms with Gasteiger partial charge in [-0.15, -0.1) is 0 Å². The highest BCUT2D eigenvalue weighted by Gasteiger charge is 2.37. The van der Waals surface area contributed by atoms with Gasteiger partial charge in [0, 0.05) is 24.7 Å². The predicted octanol–water partition coefficient (Wildman–Crippen LogP) is 2.67. The van der Waals surface area contributed by atoms with Crippen LogP contribution < -0.4 is 5.73 Å². The maximum atomic E-state index is 6.66. The van der Waals surface area contributed by atoms with Crippen LogP contribution in [0.25, 0.3) is 0 Å². The van der Waals surface area contributed by atoms with Crippen LogP contribution in [0.3, 0.4) is 0 Å². The fourth-order valence-corrected chi connectivity index (χ4v) is 3.27. The lowest BCUT2D eigenvalue weighted by atomic mass is 9.83. The number of aryl methyl sites for hydroxylation is 2. The molecule has 0 aromatic heterocycles. The van der Waals surface area contributed by atoms with Crippen molar-refractivity contribution < 1.29 is 4.74 Å².